The molecule has 4 nitrogen and oxygen atoms in total. The average molecular weight is 375 g/mol. The van der Waals surface area contributed by atoms with E-state index in [4.69, 9.17) is 16.2 Å². The van der Waals surface area contributed by atoms with Gasteiger partial charge in [-0.15, -0.1) is 24.0 Å². The lowest BCUT2D eigenvalue weighted by Gasteiger charge is -2.13. The molecule has 102 valence electrons. The third-order valence-corrected chi connectivity index (χ3v) is 2.05. The number of ether oxygens (including phenoxy) is 1. The fourth-order valence-electron chi connectivity index (χ4n) is 1.26. The van der Waals surface area contributed by atoms with Crippen LogP contribution < -0.4 is 16.2 Å². The van der Waals surface area contributed by atoms with Gasteiger partial charge < -0.3 is 16.2 Å². The molecule has 0 spiro atoms. The Morgan fingerprint density at radius 2 is 1.94 bits per heavy atom. The van der Waals surface area contributed by atoms with Gasteiger partial charge in [0.1, 0.15) is 5.75 Å². The maximum Gasteiger partial charge on any atom is 0.416 e. The molecule has 0 aromatic heterocycles. The second kappa shape index (κ2) is 6.66. The highest BCUT2D eigenvalue weighted by atomic mass is 127. The van der Waals surface area contributed by atoms with E-state index in [1.54, 1.807) is 0 Å². The van der Waals surface area contributed by atoms with Crippen molar-refractivity contribution >= 4 is 29.9 Å². The average Bonchev–Trinajstić information content (AvgIpc) is 2.24. The fraction of sp³-hybridized carbons (Fsp3) is 0.300. The number of guanidine groups is 1. The molecule has 1 aromatic carbocycles. The van der Waals surface area contributed by atoms with Gasteiger partial charge in [-0.05, 0) is 17.7 Å². The summed E-state index contributed by atoms with van der Waals surface area (Å²) in [5, 5.41) is 0. The van der Waals surface area contributed by atoms with Gasteiger partial charge in [-0.2, -0.15) is 13.2 Å². The van der Waals surface area contributed by atoms with E-state index in [9.17, 15) is 13.2 Å². The van der Waals surface area contributed by atoms with Gasteiger partial charge >= 0.3 is 6.18 Å². The molecule has 0 heterocycles. The number of benzene rings is 1. The molecule has 0 amide bonds. The van der Waals surface area contributed by atoms with Crippen LogP contribution in [0.1, 0.15) is 11.1 Å². The molecule has 4 N–H and O–H groups in total. The van der Waals surface area contributed by atoms with Crippen molar-refractivity contribution in [3.8, 4) is 5.75 Å². The maximum absolute atomic E-state index is 12.7. The first-order chi connectivity index (χ1) is 7.84. The van der Waals surface area contributed by atoms with E-state index in [1.165, 1.54) is 19.2 Å². The summed E-state index contributed by atoms with van der Waals surface area (Å²) in [5.41, 5.74) is 9.34. The topological polar surface area (TPSA) is 73.6 Å². The summed E-state index contributed by atoms with van der Waals surface area (Å²) < 4.78 is 42.9. The van der Waals surface area contributed by atoms with Crippen LogP contribution >= 0.6 is 24.0 Å². The molecule has 0 fully saturated rings. The van der Waals surface area contributed by atoms with Gasteiger partial charge in [0.2, 0.25) is 0 Å². The van der Waals surface area contributed by atoms with Crippen LogP contribution in [0.15, 0.2) is 23.2 Å². The van der Waals surface area contributed by atoms with E-state index in [2.05, 4.69) is 4.99 Å². The number of aliphatic imine (C=N–C) groups is 1. The monoisotopic (exact) mass is 375 g/mol. The SMILES string of the molecule is COc1ccc(CN=C(N)N)c(C(F)(F)F)c1.I. The van der Waals surface area contributed by atoms with Gasteiger partial charge in [0, 0.05) is 0 Å². The van der Waals surface area contributed by atoms with E-state index >= 15 is 0 Å². The molecule has 0 radical (unpaired) electrons. The minimum absolute atomic E-state index is 0. The maximum atomic E-state index is 12.7. The van der Waals surface area contributed by atoms with Crippen LogP contribution in [0.4, 0.5) is 13.2 Å². The van der Waals surface area contributed by atoms with Gasteiger partial charge in [-0.25, -0.2) is 4.99 Å². The third kappa shape index (κ3) is 4.59. The van der Waals surface area contributed by atoms with Gasteiger partial charge in [0.25, 0.3) is 0 Å². The number of methoxy groups -OCH3 is 1. The third-order valence-electron chi connectivity index (χ3n) is 2.05. The predicted octanol–water partition coefficient (Wildman–Crippen LogP) is 2.11. The molecule has 1 aromatic rings. The number of nitrogens with two attached hydrogens (primary N) is 2. The van der Waals surface area contributed by atoms with E-state index in [0.717, 1.165) is 6.07 Å². The second-order valence-electron chi connectivity index (χ2n) is 3.26. The van der Waals surface area contributed by atoms with E-state index < -0.39 is 11.7 Å². The molecule has 1 rings (SSSR count). The van der Waals surface area contributed by atoms with Crippen LogP contribution in [-0.4, -0.2) is 13.1 Å². The van der Waals surface area contributed by atoms with Crippen molar-refractivity contribution < 1.29 is 17.9 Å². The standard InChI is InChI=1S/C10H12F3N3O.HI/c1-17-7-3-2-6(5-16-9(14)15)8(4-7)10(11,12)13;/h2-4H,5H2,1H3,(H4,14,15,16);1H. The molecule has 0 aliphatic heterocycles. The van der Waals surface area contributed by atoms with Gasteiger partial charge in [0.05, 0.1) is 19.2 Å². The van der Waals surface area contributed by atoms with E-state index in [1.807, 2.05) is 0 Å². The lowest BCUT2D eigenvalue weighted by molar-refractivity contribution is -0.138. The Labute approximate surface area is 119 Å². The van der Waals surface area contributed by atoms with E-state index in [0.29, 0.717) is 0 Å². The number of hydrogen-bond donors (Lipinski definition) is 2. The first kappa shape index (κ1) is 16.8. The molecule has 0 aliphatic carbocycles. The molecular weight excluding hydrogens is 362 g/mol. The Morgan fingerprint density at radius 3 is 2.39 bits per heavy atom. The summed E-state index contributed by atoms with van der Waals surface area (Å²) in [6, 6.07) is 3.62. The lowest BCUT2D eigenvalue weighted by atomic mass is 10.1. The minimum atomic E-state index is -4.47. The van der Waals surface area contributed by atoms with Crippen molar-refractivity contribution in [1.29, 1.82) is 0 Å². The zero-order valence-corrected chi connectivity index (χ0v) is 11.8. The molecule has 0 atom stereocenters. The summed E-state index contributed by atoms with van der Waals surface area (Å²) in [4.78, 5) is 3.56. The van der Waals surface area contributed by atoms with Crippen LogP contribution in [-0.2, 0) is 12.7 Å². The van der Waals surface area contributed by atoms with Crippen molar-refractivity contribution in [2.24, 2.45) is 16.5 Å². The Morgan fingerprint density at radius 1 is 1.33 bits per heavy atom. The van der Waals surface area contributed by atoms with Crippen LogP contribution in [0.3, 0.4) is 0 Å². The van der Waals surface area contributed by atoms with Crippen LogP contribution in [0.5, 0.6) is 5.75 Å². The Kier molecular flexibility index (Phi) is 6.22. The highest BCUT2D eigenvalue weighted by molar-refractivity contribution is 14.0. The molecule has 0 saturated heterocycles. The Hall–Kier alpha value is -1.19. The first-order valence-corrected chi connectivity index (χ1v) is 4.64. The molecule has 0 bridgehead atoms. The molecule has 18 heavy (non-hydrogen) atoms. The summed E-state index contributed by atoms with van der Waals surface area (Å²) >= 11 is 0. The normalized spacial score (nSPS) is 10.4. The number of nitrogens with zero attached hydrogens (tertiary/aromatic N) is 1. The second-order valence-corrected chi connectivity index (χ2v) is 3.26. The highest BCUT2D eigenvalue weighted by Crippen LogP contribution is 2.34. The number of hydrogen-bond acceptors (Lipinski definition) is 2. The highest BCUT2D eigenvalue weighted by Gasteiger charge is 2.33. The van der Waals surface area contributed by atoms with Gasteiger partial charge in [-0.1, -0.05) is 6.07 Å². The predicted molar refractivity (Wildman–Crippen MR) is 72.9 cm³/mol. The van der Waals surface area contributed by atoms with Crippen LogP contribution in [0, 0.1) is 0 Å². The largest absolute Gasteiger partial charge is 0.497 e. The molecule has 0 saturated carbocycles. The molecule has 0 aliphatic rings. The van der Waals surface area contributed by atoms with Crippen molar-refractivity contribution in [2.75, 3.05) is 7.11 Å². The number of rotatable bonds is 3. The van der Waals surface area contributed by atoms with Crippen molar-refractivity contribution in [1.82, 2.24) is 0 Å². The number of alkyl halides is 3. The fourth-order valence-corrected chi connectivity index (χ4v) is 1.26. The summed E-state index contributed by atoms with van der Waals surface area (Å²) in [6.07, 6.45) is -4.47. The van der Waals surface area contributed by atoms with Crippen LogP contribution in [0.25, 0.3) is 0 Å². The summed E-state index contributed by atoms with van der Waals surface area (Å²) in [5.74, 6) is -0.125. The van der Waals surface area contributed by atoms with Crippen molar-refractivity contribution in [2.45, 2.75) is 12.7 Å². The quantitative estimate of drug-likeness (QED) is 0.483. The lowest BCUT2D eigenvalue weighted by Crippen LogP contribution is -2.23. The minimum Gasteiger partial charge on any atom is -0.497 e. The summed E-state index contributed by atoms with van der Waals surface area (Å²) in [7, 11) is 1.30. The summed E-state index contributed by atoms with van der Waals surface area (Å²) in [6.45, 7) is -0.221. The zero-order chi connectivity index (χ0) is 13.1. The Bertz CT molecular complexity index is 431. The van der Waals surface area contributed by atoms with Crippen molar-refractivity contribution in [3.05, 3.63) is 29.3 Å². The van der Waals surface area contributed by atoms with Crippen molar-refractivity contribution in [3.63, 3.8) is 0 Å². The smallest absolute Gasteiger partial charge is 0.416 e. The molecular formula is C10H13F3IN3O. The van der Waals surface area contributed by atoms with Crippen LogP contribution in [0.2, 0.25) is 0 Å². The molecule has 8 heteroatoms. The van der Waals surface area contributed by atoms with E-state index in [-0.39, 0.29) is 47.8 Å². The number of halogens is 4. The molecule has 0 unspecified atom stereocenters. The first-order valence-electron chi connectivity index (χ1n) is 4.64. The zero-order valence-electron chi connectivity index (χ0n) is 9.49. The Balaban J connectivity index is 0.00000289. The van der Waals surface area contributed by atoms with Gasteiger partial charge in [-0.3, -0.25) is 0 Å². The van der Waals surface area contributed by atoms with Gasteiger partial charge in [0.15, 0.2) is 5.96 Å².